The summed E-state index contributed by atoms with van der Waals surface area (Å²) in [5.74, 6) is -0.194. The number of aliphatic carboxylic acids is 1. The van der Waals surface area contributed by atoms with Gasteiger partial charge >= 0.3 is 5.97 Å². The number of carboxylic acid groups (broad SMARTS) is 1. The number of carboxylic acids is 1. The van der Waals surface area contributed by atoms with Crippen molar-refractivity contribution in [2.45, 2.75) is 24.7 Å². The lowest BCUT2D eigenvalue weighted by atomic mass is 9.91. The molecule has 0 spiro atoms. The summed E-state index contributed by atoms with van der Waals surface area (Å²) < 4.78 is 5.37. The van der Waals surface area contributed by atoms with Gasteiger partial charge in [0.2, 0.25) is 0 Å². The van der Waals surface area contributed by atoms with E-state index in [1.54, 1.807) is 11.9 Å². The molecular formula is C14H15NO4. The highest BCUT2D eigenvalue weighted by Crippen LogP contribution is 2.52. The van der Waals surface area contributed by atoms with Crippen molar-refractivity contribution in [2.24, 2.45) is 0 Å². The van der Waals surface area contributed by atoms with Gasteiger partial charge < -0.3 is 14.7 Å². The summed E-state index contributed by atoms with van der Waals surface area (Å²) in [5.41, 5.74) is 1.46. The highest BCUT2D eigenvalue weighted by molar-refractivity contribution is 5.97. The Balaban J connectivity index is 1.97. The number of ether oxygens (including phenoxy) is 1. The molecule has 100 valence electrons. The van der Waals surface area contributed by atoms with Crippen molar-refractivity contribution in [3.05, 3.63) is 23.8 Å². The molecule has 1 aromatic carbocycles. The molecule has 1 amide bonds. The molecule has 0 atom stereocenters. The van der Waals surface area contributed by atoms with Crippen LogP contribution in [0.15, 0.2) is 18.2 Å². The van der Waals surface area contributed by atoms with E-state index in [0.29, 0.717) is 5.75 Å². The first-order chi connectivity index (χ1) is 9.02. The third kappa shape index (κ3) is 1.95. The summed E-state index contributed by atoms with van der Waals surface area (Å²) in [7, 11) is 1.71. The minimum atomic E-state index is -0.782. The van der Waals surface area contributed by atoms with Crippen LogP contribution in [-0.2, 0) is 15.0 Å². The van der Waals surface area contributed by atoms with Gasteiger partial charge in [-0.1, -0.05) is 6.07 Å². The predicted octanol–water partition coefficient (Wildman–Crippen LogP) is 1.55. The van der Waals surface area contributed by atoms with Gasteiger partial charge in [-0.15, -0.1) is 0 Å². The van der Waals surface area contributed by atoms with Crippen molar-refractivity contribution in [3.8, 4) is 5.75 Å². The second kappa shape index (κ2) is 3.98. The first-order valence-corrected chi connectivity index (χ1v) is 6.27. The molecule has 19 heavy (non-hydrogen) atoms. The zero-order valence-corrected chi connectivity index (χ0v) is 10.7. The summed E-state index contributed by atoms with van der Waals surface area (Å²) in [6.45, 7) is 0.0586. The Bertz CT molecular complexity index is 563. The zero-order chi connectivity index (χ0) is 13.6. The third-order valence-electron chi connectivity index (χ3n) is 4.00. The number of hydrogen-bond donors (Lipinski definition) is 1. The van der Waals surface area contributed by atoms with Crippen LogP contribution in [0, 0.1) is 0 Å². The Morgan fingerprint density at radius 2 is 2.21 bits per heavy atom. The normalized spacial score (nSPS) is 19.6. The fourth-order valence-electron chi connectivity index (χ4n) is 2.61. The highest BCUT2D eigenvalue weighted by Gasteiger charge is 2.46. The number of likely N-dealkylation sites (N-methyl/N-ethyl adjacent to an activating group) is 1. The van der Waals surface area contributed by atoms with Crippen molar-refractivity contribution in [1.82, 2.24) is 0 Å². The molecule has 0 saturated heterocycles. The summed E-state index contributed by atoms with van der Waals surface area (Å²) in [6.07, 6.45) is 1.91. The van der Waals surface area contributed by atoms with E-state index >= 15 is 0 Å². The van der Waals surface area contributed by atoms with Crippen molar-refractivity contribution in [2.75, 3.05) is 18.6 Å². The number of nitrogens with zero attached hydrogens (tertiary/aromatic N) is 1. The number of anilines is 1. The van der Waals surface area contributed by atoms with Crippen LogP contribution < -0.4 is 9.64 Å². The van der Waals surface area contributed by atoms with Crippen LogP contribution in [0.3, 0.4) is 0 Å². The molecule has 5 nitrogen and oxygen atoms in total. The summed E-state index contributed by atoms with van der Waals surface area (Å²) in [4.78, 5) is 24.1. The quantitative estimate of drug-likeness (QED) is 0.896. The number of carbonyl (C=O) groups excluding carboxylic acids is 1. The molecule has 0 radical (unpaired) electrons. The molecule has 0 bridgehead atoms. The largest absolute Gasteiger partial charge is 0.482 e. The average molecular weight is 261 g/mol. The van der Waals surface area contributed by atoms with Crippen LogP contribution in [0.4, 0.5) is 5.69 Å². The number of hydrogen-bond acceptors (Lipinski definition) is 3. The lowest BCUT2D eigenvalue weighted by Gasteiger charge is -2.27. The number of amides is 1. The molecule has 0 unspecified atom stereocenters. The van der Waals surface area contributed by atoms with Gasteiger partial charge in [0.05, 0.1) is 12.1 Å². The Kier molecular flexibility index (Phi) is 2.52. The summed E-state index contributed by atoms with van der Waals surface area (Å²) in [6, 6.07) is 5.64. The maximum absolute atomic E-state index is 11.6. The Labute approximate surface area is 110 Å². The van der Waals surface area contributed by atoms with E-state index in [1.807, 2.05) is 18.2 Å². The van der Waals surface area contributed by atoms with Gasteiger partial charge in [0, 0.05) is 12.5 Å². The van der Waals surface area contributed by atoms with Gasteiger partial charge in [0.15, 0.2) is 6.61 Å². The number of fused-ring (bicyclic) bond motifs is 1. The van der Waals surface area contributed by atoms with Gasteiger partial charge in [-0.25, -0.2) is 0 Å². The average Bonchev–Trinajstić information content (AvgIpc) is 3.14. The van der Waals surface area contributed by atoms with Crippen LogP contribution in [0.2, 0.25) is 0 Å². The molecule has 1 fully saturated rings. The van der Waals surface area contributed by atoms with Crippen molar-refractivity contribution < 1.29 is 19.4 Å². The summed E-state index contributed by atoms with van der Waals surface area (Å²) in [5, 5.41) is 8.99. The molecule has 1 aliphatic heterocycles. The van der Waals surface area contributed by atoms with Gasteiger partial charge in [-0.2, -0.15) is 0 Å². The van der Waals surface area contributed by atoms with Crippen LogP contribution in [0.25, 0.3) is 0 Å². The smallest absolute Gasteiger partial charge is 0.304 e. The lowest BCUT2D eigenvalue weighted by molar-refractivity contribution is -0.137. The van der Waals surface area contributed by atoms with Crippen molar-refractivity contribution >= 4 is 17.6 Å². The minimum absolute atomic E-state index is 0.0586. The second-order valence-corrected chi connectivity index (χ2v) is 5.27. The third-order valence-corrected chi connectivity index (χ3v) is 4.00. The van der Waals surface area contributed by atoms with Crippen LogP contribution in [0.5, 0.6) is 5.75 Å². The molecular weight excluding hydrogens is 246 g/mol. The first kappa shape index (κ1) is 12.0. The van der Waals surface area contributed by atoms with Gasteiger partial charge in [-0.05, 0) is 30.5 Å². The molecule has 2 aliphatic rings. The van der Waals surface area contributed by atoms with Crippen LogP contribution >= 0.6 is 0 Å². The Hall–Kier alpha value is -2.04. The molecule has 1 aliphatic carbocycles. The van der Waals surface area contributed by atoms with Crippen LogP contribution in [0.1, 0.15) is 24.8 Å². The zero-order valence-electron chi connectivity index (χ0n) is 10.7. The maximum atomic E-state index is 11.6. The lowest BCUT2D eigenvalue weighted by Crippen LogP contribution is -2.35. The van der Waals surface area contributed by atoms with E-state index in [2.05, 4.69) is 0 Å². The fraction of sp³-hybridized carbons (Fsp3) is 0.429. The van der Waals surface area contributed by atoms with Gasteiger partial charge in [0.1, 0.15) is 5.75 Å². The van der Waals surface area contributed by atoms with Crippen molar-refractivity contribution in [3.63, 3.8) is 0 Å². The van der Waals surface area contributed by atoms with E-state index in [0.717, 1.165) is 24.1 Å². The summed E-state index contributed by atoms with van der Waals surface area (Å²) >= 11 is 0. The van der Waals surface area contributed by atoms with E-state index < -0.39 is 5.97 Å². The SMILES string of the molecule is CN1C(=O)COc2ccc(C3(CC(=O)O)CC3)cc21. The Morgan fingerprint density at radius 3 is 2.84 bits per heavy atom. The van der Waals surface area contributed by atoms with Gasteiger partial charge in [0.25, 0.3) is 5.91 Å². The number of rotatable bonds is 3. The molecule has 5 heteroatoms. The molecule has 0 aromatic heterocycles. The number of benzene rings is 1. The Morgan fingerprint density at radius 1 is 1.47 bits per heavy atom. The molecule has 1 N–H and O–H groups in total. The molecule has 1 saturated carbocycles. The predicted molar refractivity (Wildman–Crippen MR) is 68.5 cm³/mol. The van der Waals surface area contributed by atoms with Crippen LogP contribution in [-0.4, -0.2) is 30.6 Å². The van der Waals surface area contributed by atoms with E-state index in [9.17, 15) is 9.59 Å². The molecule has 1 heterocycles. The molecule has 1 aromatic rings. The standard InChI is InChI=1S/C14H15NO4/c1-15-10-6-9(14(4-5-14)7-13(17)18)2-3-11(10)19-8-12(15)16/h2-3,6H,4-5,7-8H2,1H3,(H,17,18). The monoisotopic (exact) mass is 261 g/mol. The highest BCUT2D eigenvalue weighted by atomic mass is 16.5. The molecule has 3 rings (SSSR count). The number of carbonyl (C=O) groups is 2. The van der Waals surface area contributed by atoms with Gasteiger partial charge in [-0.3, -0.25) is 9.59 Å². The van der Waals surface area contributed by atoms with E-state index in [-0.39, 0.29) is 24.3 Å². The maximum Gasteiger partial charge on any atom is 0.304 e. The van der Waals surface area contributed by atoms with Crippen molar-refractivity contribution in [1.29, 1.82) is 0 Å². The first-order valence-electron chi connectivity index (χ1n) is 6.27. The van der Waals surface area contributed by atoms with E-state index in [1.165, 1.54) is 0 Å². The minimum Gasteiger partial charge on any atom is -0.482 e. The fourth-order valence-corrected chi connectivity index (χ4v) is 2.61. The second-order valence-electron chi connectivity index (χ2n) is 5.27. The van der Waals surface area contributed by atoms with E-state index in [4.69, 9.17) is 9.84 Å². The topological polar surface area (TPSA) is 66.8 Å².